The van der Waals surface area contributed by atoms with Crippen molar-refractivity contribution in [2.45, 2.75) is 70.4 Å². The predicted molar refractivity (Wildman–Crippen MR) is 60.4 cm³/mol. The summed E-state index contributed by atoms with van der Waals surface area (Å²) >= 11 is 0. The molecular weight excluding hydrogens is 174 g/mol. The van der Waals surface area contributed by atoms with E-state index in [0.29, 0.717) is 18.7 Å². The summed E-state index contributed by atoms with van der Waals surface area (Å²) < 4.78 is 0. The number of hydrogen-bond donors (Lipinski definition) is 2. The first-order chi connectivity index (χ1) is 6.86. The SMILES string of the molecule is CCCCCCC[C@H]1CC[C@H](CO)N1. The maximum Gasteiger partial charge on any atom is 0.0584 e. The molecule has 0 spiro atoms. The van der Waals surface area contributed by atoms with E-state index in [4.69, 9.17) is 5.11 Å². The molecule has 2 atom stereocenters. The first-order valence-electron chi connectivity index (χ1n) is 6.23. The Morgan fingerprint density at radius 2 is 1.79 bits per heavy atom. The molecule has 0 radical (unpaired) electrons. The van der Waals surface area contributed by atoms with E-state index >= 15 is 0 Å². The van der Waals surface area contributed by atoms with Crippen LogP contribution in [0.5, 0.6) is 0 Å². The van der Waals surface area contributed by atoms with Gasteiger partial charge < -0.3 is 10.4 Å². The maximum atomic E-state index is 8.96. The van der Waals surface area contributed by atoms with Crippen molar-refractivity contribution in [3.8, 4) is 0 Å². The molecule has 0 aromatic heterocycles. The van der Waals surface area contributed by atoms with Crippen molar-refractivity contribution in [1.82, 2.24) is 5.32 Å². The monoisotopic (exact) mass is 199 g/mol. The van der Waals surface area contributed by atoms with E-state index in [-0.39, 0.29) is 0 Å². The van der Waals surface area contributed by atoms with Gasteiger partial charge in [-0.1, -0.05) is 39.0 Å². The highest BCUT2D eigenvalue weighted by atomic mass is 16.3. The standard InChI is InChI=1S/C12H25NO/c1-2-3-4-5-6-7-11-8-9-12(10-14)13-11/h11-14H,2-10H2,1H3/t11-,12+/m0/s1. The third-order valence-corrected chi connectivity index (χ3v) is 3.21. The molecule has 14 heavy (non-hydrogen) atoms. The molecule has 1 rings (SSSR count). The van der Waals surface area contributed by atoms with Crippen LogP contribution in [-0.2, 0) is 0 Å². The number of aliphatic hydroxyl groups excluding tert-OH is 1. The fourth-order valence-corrected chi connectivity index (χ4v) is 2.27. The highest BCUT2D eigenvalue weighted by Crippen LogP contribution is 2.17. The topological polar surface area (TPSA) is 32.3 Å². The first kappa shape index (κ1) is 12.0. The molecule has 84 valence electrons. The molecule has 1 heterocycles. The zero-order valence-electron chi connectivity index (χ0n) is 9.47. The number of aliphatic hydroxyl groups is 1. The second kappa shape index (κ2) is 7.24. The van der Waals surface area contributed by atoms with E-state index in [2.05, 4.69) is 12.2 Å². The molecule has 2 N–H and O–H groups in total. The Labute approximate surface area is 88.1 Å². The molecule has 1 fully saturated rings. The molecule has 0 saturated carbocycles. The summed E-state index contributed by atoms with van der Waals surface area (Å²) in [4.78, 5) is 0. The molecule has 2 nitrogen and oxygen atoms in total. The summed E-state index contributed by atoms with van der Waals surface area (Å²) in [5.41, 5.74) is 0. The molecule has 1 aliphatic rings. The lowest BCUT2D eigenvalue weighted by molar-refractivity contribution is 0.250. The van der Waals surface area contributed by atoms with Gasteiger partial charge in [0.25, 0.3) is 0 Å². The summed E-state index contributed by atoms with van der Waals surface area (Å²) in [5.74, 6) is 0. The molecule has 0 aromatic rings. The smallest absolute Gasteiger partial charge is 0.0584 e. The maximum absolute atomic E-state index is 8.96. The number of nitrogens with one attached hydrogen (secondary N) is 1. The molecule has 0 aromatic carbocycles. The van der Waals surface area contributed by atoms with Gasteiger partial charge in [0.1, 0.15) is 0 Å². The van der Waals surface area contributed by atoms with Gasteiger partial charge in [-0.3, -0.25) is 0 Å². The molecule has 1 saturated heterocycles. The van der Waals surface area contributed by atoms with Gasteiger partial charge in [0.05, 0.1) is 6.61 Å². The minimum atomic E-state index is 0.312. The Bertz CT molecular complexity index is 138. The second-order valence-corrected chi connectivity index (χ2v) is 4.52. The Morgan fingerprint density at radius 1 is 1.07 bits per heavy atom. The van der Waals surface area contributed by atoms with Crippen LogP contribution >= 0.6 is 0 Å². The van der Waals surface area contributed by atoms with E-state index in [1.165, 1.54) is 44.9 Å². The van der Waals surface area contributed by atoms with Gasteiger partial charge in [0.15, 0.2) is 0 Å². The second-order valence-electron chi connectivity index (χ2n) is 4.52. The van der Waals surface area contributed by atoms with Crippen molar-refractivity contribution in [3.63, 3.8) is 0 Å². The summed E-state index contributed by atoms with van der Waals surface area (Å²) in [6.07, 6.45) is 10.6. The minimum Gasteiger partial charge on any atom is -0.395 e. The fraction of sp³-hybridized carbons (Fsp3) is 1.00. The lowest BCUT2D eigenvalue weighted by Gasteiger charge is -2.12. The lowest BCUT2D eigenvalue weighted by Crippen LogP contribution is -2.31. The molecule has 1 aliphatic heterocycles. The third-order valence-electron chi connectivity index (χ3n) is 3.21. The summed E-state index contributed by atoms with van der Waals surface area (Å²) in [6, 6.07) is 1.07. The van der Waals surface area contributed by atoms with Crippen LogP contribution < -0.4 is 5.32 Å². The van der Waals surface area contributed by atoms with Crippen LogP contribution in [-0.4, -0.2) is 23.8 Å². The predicted octanol–water partition coefficient (Wildman–Crippen LogP) is 2.46. The summed E-state index contributed by atoms with van der Waals surface area (Å²) in [7, 11) is 0. The summed E-state index contributed by atoms with van der Waals surface area (Å²) in [6.45, 7) is 2.57. The first-order valence-corrected chi connectivity index (χ1v) is 6.23. The number of unbranched alkanes of at least 4 members (excludes halogenated alkanes) is 4. The largest absolute Gasteiger partial charge is 0.395 e. The third kappa shape index (κ3) is 4.43. The van der Waals surface area contributed by atoms with Crippen molar-refractivity contribution < 1.29 is 5.11 Å². The van der Waals surface area contributed by atoms with Crippen LogP contribution in [0.2, 0.25) is 0 Å². The molecule has 2 heteroatoms. The van der Waals surface area contributed by atoms with Crippen molar-refractivity contribution in [1.29, 1.82) is 0 Å². The van der Waals surface area contributed by atoms with Crippen LogP contribution in [0.3, 0.4) is 0 Å². The zero-order chi connectivity index (χ0) is 10.2. The van der Waals surface area contributed by atoms with Gasteiger partial charge in [0, 0.05) is 12.1 Å². The van der Waals surface area contributed by atoms with Crippen LogP contribution in [0.4, 0.5) is 0 Å². The van der Waals surface area contributed by atoms with Crippen molar-refractivity contribution in [2.24, 2.45) is 0 Å². The molecular formula is C12H25NO. The van der Waals surface area contributed by atoms with Gasteiger partial charge in [-0.05, 0) is 19.3 Å². The summed E-state index contributed by atoms with van der Waals surface area (Å²) in [5, 5.41) is 12.4. The van der Waals surface area contributed by atoms with Gasteiger partial charge in [0.2, 0.25) is 0 Å². The quantitative estimate of drug-likeness (QED) is 0.617. The normalized spacial score (nSPS) is 27.0. The number of rotatable bonds is 7. The fourth-order valence-electron chi connectivity index (χ4n) is 2.27. The Hall–Kier alpha value is -0.0800. The highest BCUT2D eigenvalue weighted by Gasteiger charge is 2.21. The zero-order valence-corrected chi connectivity index (χ0v) is 9.47. The van der Waals surface area contributed by atoms with E-state index < -0.39 is 0 Å². The molecule has 0 aliphatic carbocycles. The van der Waals surface area contributed by atoms with Crippen LogP contribution in [0, 0.1) is 0 Å². The van der Waals surface area contributed by atoms with Gasteiger partial charge in [-0.25, -0.2) is 0 Å². The molecule has 0 unspecified atom stereocenters. The van der Waals surface area contributed by atoms with E-state index in [9.17, 15) is 0 Å². The van der Waals surface area contributed by atoms with Gasteiger partial charge >= 0.3 is 0 Å². The van der Waals surface area contributed by atoms with Crippen LogP contribution in [0.1, 0.15) is 58.3 Å². The van der Waals surface area contributed by atoms with Crippen LogP contribution in [0.15, 0.2) is 0 Å². The lowest BCUT2D eigenvalue weighted by atomic mass is 10.1. The molecule has 0 bridgehead atoms. The average molecular weight is 199 g/mol. The average Bonchev–Trinajstić information content (AvgIpc) is 2.65. The van der Waals surface area contributed by atoms with Gasteiger partial charge in [-0.15, -0.1) is 0 Å². The van der Waals surface area contributed by atoms with E-state index in [1.807, 2.05) is 0 Å². The number of hydrogen-bond acceptors (Lipinski definition) is 2. The molecule has 0 amide bonds. The van der Waals surface area contributed by atoms with E-state index in [0.717, 1.165) is 6.42 Å². The van der Waals surface area contributed by atoms with Crippen molar-refractivity contribution in [3.05, 3.63) is 0 Å². The highest BCUT2D eigenvalue weighted by molar-refractivity contribution is 4.82. The minimum absolute atomic E-state index is 0.312. The Kier molecular flexibility index (Phi) is 6.20. The van der Waals surface area contributed by atoms with Crippen LogP contribution in [0.25, 0.3) is 0 Å². The Balaban J connectivity index is 1.92. The van der Waals surface area contributed by atoms with E-state index in [1.54, 1.807) is 0 Å². The van der Waals surface area contributed by atoms with Crippen molar-refractivity contribution >= 4 is 0 Å². The Morgan fingerprint density at radius 3 is 2.43 bits per heavy atom. The van der Waals surface area contributed by atoms with Crippen molar-refractivity contribution in [2.75, 3.05) is 6.61 Å². The van der Waals surface area contributed by atoms with Gasteiger partial charge in [-0.2, -0.15) is 0 Å².